The molecular weight excluding hydrogens is 334 g/mol. The molecule has 1 N–H and O–H groups in total. The third kappa shape index (κ3) is 4.61. The molecule has 26 heavy (non-hydrogen) atoms. The summed E-state index contributed by atoms with van der Waals surface area (Å²) in [5.41, 5.74) is 1.03. The van der Waals surface area contributed by atoms with E-state index in [0.29, 0.717) is 18.0 Å². The third-order valence-corrected chi connectivity index (χ3v) is 5.17. The first-order chi connectivity index (χ1) is 12.5. The number of carboxylic acids is 1. The van der Waals surface area contributed by atoms with Crippen LogP contribution in [0.4, 0.5) is 0 Å². The van der Waals surface area contributed by atoms with E-state index < -0.39 is 5.97 Å². The minimum Gasteiger partial charge on any atom is -0.496 e. The third-order valence-electron chi connectivity index (χ3n) is 5.17. The van der Waals surface area contributed by atoms with Crippen LogP contribution in [0.2, 0.25) is 0 Å². The second-order valence-electron chi connectivity index (χ2n) is 6.78. The summed E-state index contributed by atoms with van der Waals surface area (Å²) in [5, 5.41) is 9.45. The second-order valence-corrected chi connectivity index (χ2v) is 6.78. The monoisotopic (exact) mass is 365 g/mol. The van der Waals surface area contributed by atoms with Gasteiger partial charge in [-0.3, -0.25) is 9.69 Å². The van der Waals surface area contributed by atoms with Crippen molar-refractivity contribution in [3.05, 3.63) is 17.7 Å². The van der Waals surface area contributed by atoms with Gasteiger partial charge in [0, 0.05) is 24.2 Å². The minimum absolute atomic E-state index is 0.104. The van der Waals surface area contributed by atoms with Gasteiger partial charge in [-0.1, -0.05) is 19.8 Å². The zero-order valence-corrected chi connectivity index (χ0v) is 16.3. The van der Waals surface area contributed by atoms with Gasteiger partial charge in [0.1, 0.15) is 5.75 Å². The van der Waals surface area contributed by atoms with Gasteiger partial charge in [0.2, 0.25) is 0 Å². The summed E-state index contributed by atoms with van der Waals surface area (Å²) in [6.07, 6.45) is 4.75. The molecule has 0 aliphatic carbocycles. The van der Waals surface area contributed by atoms with Gasteiger partial charge >= 0.3 is 5.97 Å². The van der Waals surface area contributed by atoms with Crippen LogP contribution in [0.5, 0.6) is 17.2 Å². The van der Waals surface area contributed by atoms with Crippen molar-refractivity contribution in [2.24, 2.45) is 5.92 Å². The smallest absolute Gasteiger partial charge is 0.307 e. The van der Waals surface area contributed by atoms with Gasteiger partial charge in [0.15, 0.2) is 11.5 Å². The maximum atomic E-state index is 11.5. The van der Waals surface area contributed by atoms with Crippen LogP contribution < -0.4 is 14.2 Å². The first-order valence-corrected chi connectivity index (χ1v) is 9.32. The van der Waals surface area contributed by atoms with Gasteiger partial charge in [-0.25, -0.2) is 0 Å². The molecule has 0 spiro atoms. The molecule has 2 atom stereocenters. The first kappa shape index (κ1) is 20.4. The molecule has 2 rings (SSSR count). The molecule has 0 aromatic heterocycles. The van der Waals surface area contributed by atoms with E-state index in [0.717, 1.165) is 50.0 Å². The zero-order chi connectivity index (χ0) is 19.1. The highest BCUT2D eigenvalue weighted by atomic mass is 16.5. The lowest BCUT2D eigenvalue weighted by Crippen LogP contribution is -2.41. The van der Waals surface area contributed by atoms with E-state index in [-0.39, 0.29) is 12.0 Å². The summed E-state index contributed by atoms with van der Waals surface area (Å²) in [5.74, 6) is 1.03. The average molecular weight is 365 g/mol. The minimum atomic E-state index is -0.705. The molecule has 1 heterocycles. The summed E-state index contributed by atoms with van der Waals surface area (Å²) in [4.78, 5) is 13.8. The molecule has 1 fully saturated rings. The number of benzene rings is 1. The van der Waals surface area contributed by atoms with E-state index in [1.54, 1.807) is 21.3 Å². The van der Waals surface area contributed by atoms with Crippen LogP contribution in [0.15, 0.2) is 12.1 Å². The summed E-state index contributed by atoms with van der Waals surface area (Å²) >= 11 is 0. The van der Waals surface area contributed by atoms with Gasteiger partial charge in [0.25, 0.3) is 0 Å². The summed E-state index contributed by atoms with van der Waals surface area (Å²) in [7, 11) is 4.88. The predicted molar refractivity (Wildman–Crippen MR) is 100 cm³/mol. The number of nitrogens with zero attached hydrogens (tertiary/aromatic N) is 1. The number of hydrogen-bond donors (Lipinski definition) is 1. The molecule has 146 valence electrons. The topological polar surface area (TPSA) is 68.2 Å². The van der Waals surface area contributed by atoms with Crippen molar-refractivity contribution in [3.63, 3.8) is 0 Å². The largest absolute Gasteiger partial charge is 0.496 e. The van der Waals surface area contributed by atoms with Crippen LogP contribution >= 0.6 is 0 Å². The number of carbonyl (C=O) groups is 1. The Balaban J connectivity index is 2.40. The Morgan fingerprint density at radius 1 is 1.19 bits per heavy atom. The predicted octanol–water partition coefficient (Wildman–Crippen LogP) is 3.74. The molecule has 0 bridgehead atoms. The Morgan fingerprint density at radius 3 is 2.42 bits per heavy atom. The normalized spacial score (nSPS) is 19.0. The molecule has 1 aromatic rings. The molecule has 6 nitrogen and oxygen atoms in total. The van der Waals surface area contributed by atoms with E-state index >= 15 is 0 Å². The number of hydrogen-bond acceptors (Lipinski definition) is 5. The maximum absolute atomic E-state index is 11.5. The number of methoxy groups -OCH3 is 3. The van der Waals surface area contributed by atoms with Gasteiger partial charge in [-0.05, 0) is 31.9 Å². The molecule has 0 amide bonds. The second kappa shape index (κ2) is 9.67. The SMILES string of the molecule is CCCCC(c1cc(OC)c(OC)cc1OC)N1CCCC(C(=O)O)C1. The Bertz CT molecular complexity index is 604. The van der Waals surface area contributed by atoms with Crippen molar-refractivity contribution >= 4 is 5.97 Å². The van der Waals surface area contributed by atoms with E-state index in [1.807, 2.05) is 12.1 Å². The number of rotatable bonds is 9. The number of piperidine rings is 1. The molecule has 1 saturated heterocycles. The number of ether oxygens (including phenoxy) is 3. The highest BCUT2D eigenvalue weighted by Gasteiger charge is 2.32. The Morgan fingerprint density at radius 2 is 1.85 bits per heavy atom. The molecule has 0 saturated carbocycles. The van der Waals surface area contributed by atoms with Gasteiger partial charge in [0.05, 0.1) is 27.2 Å². The van der Waals surface area contributed by atoms with Crippen LogP contribution in [0.1, 0.15) is 50.6 Å². The van der Waals surface area contributed by atoms with E-state index in [9.17, 15) is 9.90 Å². The molecule has 1 aromatic carbocycles. The van der Waals surface area contributed by atoms with E-state index in [4.69, 9.17) is 14.2 Å². The fraction of sp³-hybridized carbons (Fsp3) is 0.650. The van der Waals surface area contributed by atoms with Gasteiger partial charge < -0.3 is 19.3 Å². The molecule has 0 radical (unpaired) electrons. The van der Waals surface area contributed by atoms with Crippen molar-refractivity contribution in [1.82, 2.24) is 4.90 Å². The number of likely N-dealkylation sites (tertiary alicyclic amines) is 1. The molecule has 1 aliphatic heterocycles. The summed E-state index contributed by atoms with van der Waals surface area (Å²) in [6.45, 7) is 3.63. The maximum Gasteiger partial charge on any atom is 0.307 e. The number of aliphatic carboxylic acids is 1. The fourth-order valence-electron chi connectivity index (χ4n) is 3.74. The lowest BCUT2D eigenvalue weighted by atomic mass is 9.92. The van der Waals surface area contributed by atoms with Crippen LogP contribution in [0, 0.1) is 5.92 Å². The Labute approximate surface area is 156 Å². The van der Waals surface area contributed by atoms with Gasteiger partial charge in [-0.15, -0.1) is 0 Å². The molecule has 6 heteroatoms. The fourth-order valence-corrected chi connectivity index (χ4v) is 3.74. The molecule has 1 aliphatic rings. The number of unbranched alkanes of at least 4 members (excludes halogenated alkanes) is 1. The quantitative estimate of drug-likeness (QED) is 0.719. The lowest BCUT2D eigenvalue weighted by Gasteiger charge is -2.38. The van der Waals surface area contributed by atoms with Crippen LogP contribution in [0.3, 0.4) is 0 Å². The van der Waals surface area contributed by atoms with E-state index in [1.165, 1.54) is 0 Å². The van der Waals surface area contributed by atoms with Gasteiger partial charge in [-0.2, -0.15) is 0 Å². The number of carboxylic acid groups (broad SMARTS) is 1. The first-order valence-electron chi connectivity index (χ1n) is 9.32. The summed E-state index contributed by atoms with van der Waals surface area (Å²) in [6, 6.07) is 3.93. The summed E-state index contributed by atoms with van der Waals surface area (Å²) < 4.78 is 16.5. The van der Waals surface area contributed by atoms with Crippen LogP contribution in [-0.2, 0) is 4.79 Å². The zero-order valence-electron chi connectivity index (χ0n) is 16.3. The average Bonchev–Trinajstić information content (AvgIpc) is 2.67. The van der Waals surface area contributed by atoms with Crippen LogP contribution in [-0.4, -0.2) is 50.4 Å². The highest BCUT2D eigenvalue weighted by molar-refractivity contribution is 5.70. The molecule has 2 unspecified atom stereocenters. The van der Waals surface area contributed by atoms with Crippen molar-refractivity contribution < 1.29 is 24.1 Å². The van der Waals surface area contributed by atoms with Crippen molar-refractivity contribution in [3.8, 4) is 17.2 Å². The lowest BCUT2D eigenvalue weighted by molar-refractivity contribution is -0.144. The molecular formula is C20H31NO5. The van der Waals surface area contributed by atoms with Crippen molar-refractivity contribution in [1.29, 1.82) is 0 Å². The van der Waals surface area contributed by atoms with E-state index in [2.05, 4.69) is 11.8 Å². The van der Waals surface area contributed by atoms with Crippen LogP contribution in [0.25, 0.3) is 0 Å². The highest BCUT2D eigenvalue weighted by Crippen LogP contribution is 2.42. The van der Waals surface area contributed by atoms with Crippen molar-refractivity contribution in [2.45, 2.75) is 45.1 Å². The Kier molecular flexibility index (Phi) is 7.57. The van der Waals surface area contributed by atoms with Crippen molar-refractivity contribution in [2.75, 3.05) is 34.4 Å². The standard InChI is InChI=1S/C20H31NO5/c1-5-6-9-16(21-10-7-8-14(13-21)20(22)23)15-11-18(25-3)19(26-4)12-17(15)24-2/h11-12,14,16H,5-10,13H2,1-4H3,(H,22,23). The Hall–Kier alpha value is -1.95.